The first kappa shape index (κ1) is 10.4. The van der Waals surface area contributed by atoms with Crippen molar-refractivity contribution in [3.05, 3.63) is 59.2 Å². The lowest BCUT2D eigenvalue weighted by molar-refractivity contribution is 1.02. The Kier molecular flexibility index (Phi) is 2.08. The Morgan fingerprint density at radius 3 is 1.67 bits per heavy atom. The van der Waals surface area contributed by atoms with Crippen LogP contribution in [-0.2, 0) is 7.05 Å². The zero-order valence-corrected chi connectivity index (χ0v) is 9.81. The Labute approximate surface area is 105 Å². The van der Waals surface area contributed by atoms with Gasteiger partial charge in [-0.1, -0.05) is 36.4 Å². The highest BCUT2D eigenvalue weighted by atomic mass is 15.0. The molecule has 3 rings (SSSR count). The van der Waals surface area contributed by atoms with Crippen LogP contribution in [0.5, 0.6) is 0 Å². The van der Waals surface area contributed by atoms with Crippen molar-refractivity contribution in [2.45, 2.75) is 0 Å². The molecule has 0 saturated carbocycles. The maximum atomic E-state index is 7.25. The summed E-state index contributed by atoms with van der Waals surface area (Å²) in [7, 11) is 1.91. The van der Waals surface area contributed by atoms with Gasteiger partial charge in [-0.05, 0) is 10.8 Å². The predicted octanol–water partition coefficient (Wildman–Crippen LogP) is 4.43. The lowest BCUT2D eigenvalue weighted by Crippen LogP contribution is -1.86. The number of benzene rings is 2. The lowest BCUT2D eigenvalue weighted by Gasteiger charge is -2.01. The Morgan fingerprint density at radius 2 is 1.28 bits per heavy atom. The van der Waals surface area contributed by atoms with Gasteiger partial charge in [-0.15, -0.1) is 0 Å². The molecule has 0 saturated heterocycles. The van der Waals surface area contributed by atoms with Crippen LogP contribution in [0.3, 0.4) is 0 Å². The van der Waals surface area contributed by atoms with E-state index in [0.717, 1.165) is 21.8 Å². The standard InChI is InChI=1S/C15H9N3/c1-16-12-8-4-6-10-11-7-5-9-13(17-2)15(11)18(3)14(10)12/h4-9H,3H3. The third kappa shape index (κ3) is 1.16. The van der Waals surface area contributed by atoms with Gasteiger partial charge in [-0.2, -0.15) is 0 Å². The zero-order chi connectivity index (χ0) is 12.7. The number of nitrogens with zero attached hydrogens (tertiary/aromatic N) is 3. The molecule has 0 atom stereocenters. The van der Waals surface area contributed by atoms with Crippen LogP contribution >= 0.6 is 0 Å². The summed E-state index contributed by atoms with van der Waals surface area (Å²) >= 11 is 0. The molecule has 0 N–H and O–H groups in total. The maximum absolute atomic E-state index is 7.25. The van der Waals surface area contributed by atoms with Crippen molar-refractivity contribution in [3.63, 3.8) is 0 Å². The molecule has 0 spiro atoms. The minimum absolute atomic E-state index is 0.627. The molecule has 3 aromatic rings. The molecule has 3 heteroatoms. The molecule has 3 nitrogen and oxygen atoms in total. The van der Waals surface area contributed by atoms with E-state index < -0.39 is 0 Å². The molecule has 1 aromatic heterocycles. The third-order valence-corrected chi connectivity index (χ3v) is 3.23. The Hall–Kier alpha value is -2.78. The van der Waals surface area contributed by atoms with E-state index in [1.54, 1.807) is 0 Å². The second kappa shape index (κ2) is 3.61. The summed E-state index contributed by atoms with van der Waals surface area (Å²) in [6.07, 6.45) is 0. The number of aromatic nitrogens is 1. The maximum Gasteiger partial charge on any atom is 0.210 e. The summed E-state index contributed by atoms with van der Waals surface area (Å²) in [4.78, 5) is 7.12. The van der Waals surface area contributed by atoms with Crippen molar-refractivity contribution in [1.29, 1.82) is 0 Å². The Morgan fingerprint density at radius 1 is 0.833 bits per heavy atom. The van der Waals surface area contributed by atoms with Crippen LogP contribution in [-0.4, -0.2) is 4.57 Å². The normalized spacial score (nSPS) is 10.4. The summed E-state index contributed by atoms with van der Waals surface area (Å²) in [5.74, 6) is 0. The first-order valence-electron chi connectivity index (χ1n) is 5.53. The van der Waals surface area contributed by atoms with E-state index in [1.807, 2.05) is 48.0 Å². The van der Waals surface area contributed by atoms with Crippen LogP contribution in [0.15, 0.2) is 36.4 Å². The molecular formula is C15H9N3. The van der Waals surface area contributed by atoms with Gasteiger partial charge < -0.3 is 4.57 Å². The molecule has 0 radical (unpaired) electrons. The molecule has 18 heavy (non-hydrogen) atoms. The average molecular weight is 231 g/mol. The van der Waals surface area contributed by atoms with Crippen molar-refractivity contribution in [2.24, 2.45) is 7.05 Å². The van der Waals surface area contributed by atoms with Gasteiger partial charge in [0, 0.05) is 7.05 Å². The molecule has 0 aliphatic heterocycles. The van der Waals surface area contributed by atoms with E-state index in [2.05, 4.69) is 9.69 Å². The molecule has 0 amide bonds. The van der Waals surface area contributed by atoms with Crippen molar-refractivity contribution in [2.75, 3.05) is 0 Å². The van der Waals surface area contributed by atoms with E-state index in [1.165, 1.54) is 0 Å². The highest BCUT2D eigenvalue weighted by molar-refractivity contribution is 6.15. The molecule has 0 unspecified atom stereocenters. The van der Waals surface area contributed by atoms with Gasteiger partial charge in [0.25, 0.3) is 0 Å². The second-order valence-electron chi connectivity index (χ2n) is 4.13. The quantitative estimate of drug-likeness (QED) is 0.508. The number of rotatable bonds is 0. The average Bonchev–Trinajstić information content (AvgIpc) is 2.73. The van der Waals surface area contributed by atoms with Gasteiger partial charge in [-0.3, -0.25) is 0 Å². The van der Waals surface area contributed by atoms with E-state index in [4.69, 9.17) is 13.1 Å². The number of hydrogen-bond donors (Lipinski definition) is 0. The molecule has 1 heterocycles. The lowest BCUT2D eigenvalue weighted by atomic mass is 10.1. The molecule has 0 aliphatic carbocycles. The van der Waals surface area contributed by atoms with Crippen molar-refractivity contribution in [1.82, 2.24) is 4.57 Å². The van der Waals surface area contributed by atoms with E-state index in [0.29, 0.717) is 11.4 Å². The number of hydrogen-bond acceptors (Lipinski definition) is 0. The first-order chi connectivity index (χ1) is 8.77. The van der Waals surface area contributed by atoms with Gasteiger partial charge in [0.15, 0.2) is 0 Å². The Bertz CT molecular complexity index is 786. The summed E-state index contributed by atoms with van der Waals surface area (Å²) < 4.78 is 1.95. The molecule has 0 aliphatic rings. The van der Waals surface area contributed by atoms with Gasteiger partial charge >= 0.3 is 0 Å². The second-order valence-corrected chi connectivity index (χ2v) is 4.13. The molecule has 0 bridgehead atoms. The SMILES string of the molecule is [C-]#[N+]c1cccc2c3cccc([N+]#[C-])c3n(C)c12. The summed E-state index contributed by atoms with van der Waals surface area (Å²) in [6.45, 7) is 14.5. The fourth-order valence-corrected chi connectivity index (χ4v) is 2.49. The van der Waals surface area contributed by atoms with Crippen molar-refractivity contribution < 1.29 is 0 Å². The number of aryl methyl sites for hydroxylation is 1. The number of fused-ring (bicyclic) bond motifs is 3. The number of para-hydroxylation sites is 2. The highest BCUT2D eigenvalue weighted by Crippen LogP contribution is 2.37. The van der Waals surface area contributed by atoms with Crippen LogP contribution in [0, 0.1) is 13.1 Å². The molecule has 2 aromatic carbocycles. The van der Waals surface area contributed by atoms with Gasteiger partial charge in [0.05, 0.1) is 24.2 Å². The minimum Gasteiger partial charge on any atom is -0.363 e. The zero-order valence-electron chi connectivity index (χ0n) is 9.81. The smallest absolute Gasteiger partial charge is 0.210 e. The summed E-state index contributed by atoms with van der Waals surface area (Å²) in [6, 6.07) is 11.4. The fourth-order valence-electron chi connectivity index (χ4n) is 2.49. The first-order valence-corrected chi connectivity index (χ1v) is 5.53. The van der Waals surface area contributed by atoms with Crippen LogP contribution < -0.4 is 0 Å². The van der Waals surface area contributed by atoms with Crippen LogP contribution in [0.4, 0.5) is 11.4 Å². The topological polar surface area (TPSA) is 13.7 Å². The molecule has 84 valence electrons. The van der Waals surface area contributed by atoms with Crippen LogP contribution in [0.25, 0.3) is 31.5 Å². The monoisotopic (exact) mass is 231 g/mol. The summed E-state index contributed by atoms with van der Waals surface area (Å²) in [5, 5.41) is 2.07. The van der Waals surface area contributed by atoms with E-state index in [-0.39, 0.29) is 0 Å². The highest BCUT2D eigenvalue weighted by Gasteiger charge is 2.13. The molecular weight excluding hydrogens is 222 g/mol. The van der Waals surface area contributed by atoms with Gasteiger partial charge in [0.2, 0.25) is 11.4 Å². The minimum atomic E-state index is 0.627. The Balaban J connectivity index is 2.69. The van der Waals surface area contributed by atoms with Crippen LogP contribution in [0.1, 0.15) is 0 Å². The summed E-state index contributed by atoms with van der Waals surface area (Å²) in [5.41, 5.74) is 3.06. The van der Waals surface area contributed by atoms with Gasteiger partial charge in [-0.25, -0.2) is 9.69 Å². The third-order valence-electron chi connectivity index (χ3n) is 3.23. The molecule has 0 fully saturated rings. The fraction of sp³-hybridized carbons (Fsp3) is 0.0667. The van der Waals surface area contributed by atoms with Gasteiger partial charge in [0.1, 0.15) is 0 Å². The predicted molar refractivity (Wildman–Crippen MR) is 72.9 cm³/mol. The van der Waals surface area contributed by atoms with Crippen molar-refractivity contribution in [3.8, 4) is 0 Å². The van der Waals surface area contributed by atoms with E-state index in [9.17, 15) is 0 Å². The van der Waals surface area contributed by atoms with Crippen LogP contribution in [0.2, 0.25) is 0 Å². The van der Waals surface area contributed by atoms with E-state index >= 15 is 0 Å². The van der Waals surface area contributed by atoms with Crippen molar-refractivity contribution >= 4 is 33.2 Å². The largest absolute Gasteiger partial charge is 0.363 e.